The minimum atomic E-state index is -0.963. The zero-order valence-corrected chi connectivity index (χ0v) is 12.7. The number of hydrogen-bond donors (Lipinski definition) is 4. The smallest absolute Gasteiger partial charge is 0.335 e. The van der Waals surface area contributed by atoms with Gasteiger partial charge in [0.15, 0.2) is 5.13 Å². The number of thiazole rings is 1. The van der Waals surface area contributed by atoms with E-state index < -0.39 is 5.97 Å². The third kappa shape index (κ3) is 4.26. The van der Waals surface area contributed by atoms with Gasteiger partial charge >= 0.3 is 5.97 Å². The number of carbonyl (C=O) groups is 1. The van der Waals surface area contributed by atoms with Crippen LogP contribution in [0.5, 0.6) is 0 Å². The number of carboxylic acid groups (broad SMARTS) is 1. The molecule has 1 aromatic heterocycles. The number of aromatic carboxylic acids is 1. The van der Waals surface area contributed by atoms with E-state index in [9.17, 15) is 4.79 Å². The van der Waals surface area contributed by atoms with E-state index >= 15 is 0 Å². The van der Waals surface area contributed by atoms with E-state index in [0.29, 0.717) is 10.8 Å². The van der Waals surface area contributed by atoms with Gasteiger partial charge in [-0.25, -0.2) is 15.0 Å². The maximum atomic E-state index is 10.9. The number of allylic oxidation sites excluding steroid dienone is 3. The number of aromatic nitrogens is 1. The first-order valence-corrected chi connectivity index (χ1v) is 7.35. The summed E-state index contributed by atoms with van der Waals surface area (Å²) in [5, 5.41) is 23.2. The van der Waals surface area contributed by atoms with E-state index in [1.165, 1.54) is 23.6 Å². The van der Waals surface area contributed by atoms with Crippen LogP contribution >= 0.6 is 11.3 Å². The molecule has 0 spiro atoms. The van der Waals surface area contributed by atoms with Crippen LogP contribution in [0.2, 0.25) is 0 Å². The summed E-state index contributed by atoms with van der Waals surface area (Å²) in [6.45, 7) is 1.92. The van der Waals surface area contributed by atoms with Crippen molar-refractivity contribution in [2.24, 2.45) is 0 Å². The number of anilines is 2. The molecule has 7 heteroatoms. The molecule has 0 aliphatic carbocycles. The molecule has 114 valence electrons. The molecule has 0 aliphatic heterocycles. The minimum absolute atomic E-state index is 0.225. The van der Waals surface area contributed by atoms with Gasteiger partial charge in [0.25, 0.3) is 0 Å². The second-order valence-corrected chi connectivity index (χ2v) is 5.29. The molecule has 0 unspecified atom stereocenters. The van der Waals surface area contributed by atoms with E-state index in [1.807, 2.05) is 18.4 Å². The fourth-order valence-corrected chi connectivity index (χ4v) is 2.49. The first-order chi connectivity index (χ1) is 10.6. The van der Waals surface area contributed by atoms with Gasteiger partial charge in [0.05, 0.1) is 11.3 Å². The molecule has 0 bridgehead atoms. The predicted molar refractivity (Wildman–Crippen MR) is 85.3 cm³/mol. The number of hydroxylamine groups is 1. The SMILES string of the molecule is C/C(=C\C=C/[NH2+]O)c1csc(Nc2cccc(C(=O)O)c2)n1. The van der Waals surface area contributed by atoms with Gasteiger partial charge in [-0.15, -0.1) is 11.3 Å². The Kier molecular flexibility index (Phi) is 5.42. The molecule has 5 N–H and O–H groups in total. The zero-order valence-electron chi connectivity index (χ0n) is 11.9. The molecular formula is C15H16N3O3S+. The lowest BCUT2D eigenvalue weighted by atomic mass is 10.2. The first-order valence-electron chi connectivity index (χ1n) is 6.47. The van der Waals surface area contributed by atoms with Crippen LogP contribution in [0, 0.1) is 0 Å². The Balaban J connectivity index is 2.12. The van der Waals surface area contributed by atoms with E-state index in [0.717, 1.165) is 16.7 Å². The molecule has 0 saturated carbocycles. The lowest BCUT2D eigenvalue weighted by Crippen LogP contribution is -2.73. The molecule has 1 aromatic carbocycles. The molecule has 0 aliphatic rings. The van der Waals surface area contributed by atoms with Crippen molar-refractivity contribution in [3.63, 3.8) is 0 Å². The highest BCUT2D eigenvalue weighted by atomic mass is 32.1. The molecule has 1 heterocycles. The van der Waals surface area contributed by atoms with Crippen LogP contribution in [-0.4, -0.2) is 21.3 Å². The van der Waals surface area contributed by atoms with E-state index in [4.69, 9.17) is 10.3 Å². The van der Waals surface area contributed by atoms with E-state index in [1.54, 1.807) is 24.3 Å². The number of nitrogens with two attached hydrogens (primary N) is 1. The molecule has 0 atom stereocenters. The van der Waals surface area contributed by atoms with Crippen LogP contribution in [0.25, 0.3) is 5.57 Å². The van der Waals surface area contributed by atoms with Crippen molar-refractivity contribution in [2.45, 2.75) is 6.92 Å². The number of carboxylic acids is 1. The molecule has 2 rings (SSSR count). The second-order valence-electron chi connectivity index (χ2n) is 4.43. The summed E-state index contributed by atoms with van der Waals surface area (Å²) in [5.74, 6) is -0.963. The van der Waals surface area contributed by atoms with Gasteiger partial charge in [-0.1, -0.05) is 12.1 Å². The average Bonchev–Trinajstić information content (AvgIpc) is 2.96. The Morgan fingerprint density at radius 1 is 1.45 bits per heavy atom. The number of nitrogens with zero attached hydrogens (tertiary/aromatic N) is 1. The van der Waals surface area contributed by atoms with E-state index in [2.05, 4.69) is 10.3 Å². The number of benzene rings is 1. The summed E-state index contributed by atoms with van der Waals surface area (Å²) in [6.07, 6.45) is 5.08. The number of hydrogen-bond acceptors (Lipinski definition) is 5. The Morgan fingerprint density at radius 2 is 2.27 bits per heavy atom. The van der Waals surface area contributed by atoms with Gasteiger partial charge < -0.3 is 10.4 Å². The molecule has 2 aromatic rings. The molecule has 0 amide bonds. The second kappa shape index (κ2) is 7.51. The van der Waals surface area contributed by atoms with Crippen molar-refractivity contribution in [1.29, 1.82) is 0 Å². The minimum Gasteiger partial charge on any atom is -0.478 e. The topological polar surface area (TPSA) is 99.1 Å². The maximum Gasteiger partial charge on any atom is 0.335 e. The van der Waals surface area contributed by atoms with Crippen molar-refractivity contribution in [3.05, 3.63) is 59.3 Å². The lowest BCUT2D eigenvalue weighted by molar-refractivity contribution is -0.838. The monoisotopic (exact) mass is 318 g/mol. The van der Waals surface area contributed by atoms with Crippen LogP contribution in [0.4, 0.5) is 10.8 Å². The normalized spacial score (nSPS) is 11.8. The summed E-state index contributed by atoms with van der Waals surface area (Å²) in [5.41, 5.74) is 3.65. The van der Waals surface area contributed by atoms with Gasteiger partial charge in [-0.3, -0.25) is 0 Å². The number of rotatable bonds is 6. The summed E-state index contributed by atoms with van der Waals surface area (Å²) in [6, 6.07) is 6.57. The largest absolute Gasteiger partial charge is 0.478 e. The van der Waals surface area contributed by atoms with Crippen LogP contribution < -0.4 is 10.8 Å². The predicted octanol–water partition coefficient (Wildman–Crippen LogP) is 2.45. The van der Waals surface area contributed by atoms with Gasteiger partial charge in [0, 0.05) is 11.1 Å². The molecule has 0 fully saturated rings. The maximum absolute atomic E-state index is 10.9. The summed E-state index contributed by atoms with van der Waals surface area (Å²) < 4.78 is 0. The van der Waals surface area contributed by atoms with Gasteiger partial charge in [-0.2, -0.15) is 5.48 Å². The van der Waals surface area contributed by atoms with Gasteiger partial charge in [0.1, 0.15) is 6.20 Å². The third-order valence-corrected chi connectivity index (χ3v) is 3.57. The van der Waals surface area contributed by atoms with Crippen molar-refractivity contribution >= 4 is 33.7 Å². The standard InChI is InChI=1S/C15H15N3O3S/c1-10(4-3-7-16-21)13-9-22-15(18-13)17-12-6-2-5-11(8-12)14(19)20/h2-9,16,21H,1H3,(H,17,18)(H,19,20)/p+1/b7-3-,10-4+. The van der Waals surface area contributed by atoms with Crippen LogP contribution in [0.1, 0.15) is 23.0 Å². The van der Waals surface area contributed by atoms with Gasteiger partial charge in [0.2, 0.25) is 0 Å². The average molecular weight is 318 g/mol. The number of quaternary nitrogens is 1. The molecule has 0 saturated heterocycles. The molecule has 22 heavy (non-hydrogen) atoms. The summed E-state index contributed by atoms with van der Waals surface area (Å²) in [4.78, 5) is 15.4. The highest BCUT2D eigenvalue weighted by Gasteiger charge is 2.06. The molecular weight excluding hydrogens is 302 g/mol. The van der Waals surface area contributed by atoms with Crippen molar-refractivity contribution < 1.29 is 20.6 Å². The van der Waals surface area contributed by atoms with Crippen molar-refractivity contribution in [3.8, 4) is 0 Å². The highest BCUT2D eigenvalue weighted by Crippen LogP contribution is 2.25. The Hall–Kier alpha value is -2.48. The highest BCUT2D eigenvalue weighted by molar-refractivity contribution is 7.13. The van der Waals surface area contributed by atoms with E-state index in [-0.39, 0.29) is 5.56 Å². The van der Waals surface area contributed by atoms with Crippen LogP contribution in [-0.2, 0) is 0 Å². The summed E-state index contributed by atoms with van der Waals surface area (Å²) in [7, 11) is 0. The zero-order chi connectivity index (χ0) is 15.9. The molecule has 0 radical (unpaired) electrons. The summed E-state index contributed by atoms with van der Waals surface area (Å²) >= 11 is 1.43. The van der Waals surface area contributed by atoms with Crippen molar-refractivity contribution in [1.82, 2.24) is 4.98 Å². The lowest BCUT2D eigenvalue weighted by Gasteiger charge is -2.03. The molecule has 6 nitrogen and oxygen atoms in total. The number of nitrogens with one attached hydrogen (secondary N) is 1. The fraction of sp³-hybridized carbons (Fsp3) is 0.0667. The Bertz CT molecular complexity index is 722. The van der Waals surface area contributed by atoms with Crippen LogP contribution in [0.3, 0.4) is 0 Å². The first kappa shape index (κ1) is 15.9. The van der Waals surface area contributed by atoms with Gasteiger partial charge in [-0.05, 0) is 36.8 Å². The van der Waals surface area contributed by atoms with Crippen LogP contribution in [0.15, 0.2) is 48.0 Å². The fourth-order valence-electron chi connectivity index (χ4n) is 1.70. The Labute approximate surface area is 131 Å². The Morgan fingerprint density at radius 3 is 3.00 bits per heavy atom. The quantitative estimate of drug-likeness (QED) is 0.484. The van der Waals surface area contributed by atoms with Crippen molar-refractivity contribution in [2.75, 3.05) is 5.32 Å². The third-order valence-electron chi connectivity index (χ3n) is 2.81.